The fourth-order valence-corrected chi connectivity index (χ4v) is 3.07. The first kappa shape index (κ1) is 21.8. The smallest absolute Gasteiger partial charge is 0.421 e. The number of anilines is 1. The number of ether oxygens (including phenoxy) is 3. The molecule has 13 heteroatoms. The van der Waals surface area contributed by atoms with Gasteiger partial charge in [-0.2, -0.15) is 13.2 Å². The van der Waals surface area contributed by atoms with Crippen LogP contribution in [0.4, 0.5) is 24.7 Å². The van der Waals surface area contributed by atoms with Gasteiger partial charge in [-0.15, -0.1) is 0 Å². The van der Waals surface area contributed by atoms with Crippen molar-refractivity contribution < 1.29 is 32.3 Å². The fourth-order valence-electron chi connectivity index (χ4n) is 2.94. The van der Waals surface area contributed by atoms with Gasteiger partial charge >= 0.3 is 11.9 Å². The molecule has 2 atom stereocenters. The second-order valence-corrected chi connectivity index (χ2v) is 6.66. The topological polar surface area (TPSA) is 109 Å². The Hall–Kier alpha value is -2.86. The molecule has 1 aliphatic heterocycles. The number of aromatic nitrogens is 2. The van der Waals surface area contributed by atoms with Gasteiger partial charge in [-0.05, 0) is 23.7 Å². The molecule has 0 aliphatic carbocycles. The van der Waals surface area contributed by atoms with E-state index in [2.05, 4.69) is 15.3 Å². The molecule has 1 fully saturated rings. The zero-order chi connectivity index (χ0) is 21.9. The summed E-state index contributed by atoms with van der Waals surface area (Å²) >= 11 is 5.64. The number of halogens is 4. The zero-order valence-corrected chi connectivity index (χ0v) is 16.2. The molecule has 2 heterocycles. The Morgan fingerprint density at radius 1 is 1.37 bits per heavy atom. The molecule has 0 spiro atoms. The summed E-state index contributed by atoms with van der Waals surface area (Å²) in [5.41, 5.74) is -1.41. The van der Waals surface area contributed by atoms with Crippen LogP contribution in [-0.2, 0) is 10.9 Å². The molecule has 9 nitrogen and oxygen atoms in total. The minimum absolute atomic E-state index is 0.0222. The Balaban J connectivity index is 1.76. The van der Waals surface area contributed by atoms with Crippen LogP contribution in [0.25, 0.3) is 0 Å². The molecule has 0 radical (unpaired) electrons. The van der Waals surface area contributed by atoms with E-state index in [1.807, 2.05) is 0 Å². The maximum Gasteiger partial charge on any atom is 0.421 e. The summed E-state index contributed by atoms with van der Waals surface area (Å²) in [6, 6.07) is 3.76. The number of nitro groups is 1. The van der Waals surface area contributed by atoms with Gasteiger partial charge in [0.2, 0.25) is 16.8 Å². The normalized spacial score (nSPS) is 18.8. The Bertz CT molecular complexity index is 931. The number of hydrogen-bond acceptors (Lipinski definition) is 8. The van der Waals surface area contributed by atoms with Crippen LogP contribution in [0.5, 0.6) is 11.5 Å². The third-order valence-corrected chi connectivity index (χ3v) is 4.58. The molecule has 3 rings (SSSR count). The second-order valence-electron chi connectivity index (χ2n) is 6.32. The third kappa shape index (κ3) is 4.82. The number of nitrogens with one attached hydrogen (secondary N) is 1. The highest BCUT2D eigenvalue weighted by Crippen LogP contribution is 2.37. The molecule has 2 aromatic rings. The molecule has 1 saturated heterocycles. The Labute approximate surface area is 173 Å². The predicted molar refractivity (Wildman–Crippen MR) is 98.9 cm³/mol. The van der Waals surface area contributed by atoms with Crippen molar-refractivity contribution in [2.45, 2.75) is 12.2 Å². The summed E-state index contributed by atoms with van der Waals surface area (Å²) in [6.07, 6.45) is -4.09. The summed E-state index contributed by atoms with van der Waals surface area (Å²) in [4.78, 5) is 17.7. The van der Waals surface area contributed by atoms with E-state index in [9.17, 15) is 23.3 Å². The molecule has 1 aromatic heterocycles. The lowest BCUT2D eigenvalue weighted by Crippen LogP contribution is -2.33. The average Bonchev–Trinajstić information content (AvgIpc) is 3.11. The van der Waals surface area contributed by atoms with Crippen LogP contribution >= 0.6 is 11.6 Å². The third-order valence-electron chi connectivity index (χ3n) is 4.40. The molecular weight excluding hydrogens is 433 g/mol. The van der Waals surface area contributed by atoms with Crippen molar-refractivity contribution in [2.75, 3.05) is 32.2 Å². The predicted octanol–water partition coefficient (Wildman–Crippen LogP) is 3.57. The standard InChI is InChI=1S/C17H16ClF3N4O5/c1-28-12-3-2-4-13(14(12)25(26)27)30-7-9-6-29-8-11(9)23-15-10(17(19,20)21)5-22-16(18)24-15/h2-5,9,11H,6-8H2,1H3,(H,22,23,24)/t9-,11+/m0/s1. The van der Waals surface area contributed by atoms with Crippen LogP contribution < -0.4 is 14.8 Å². The van der Waals surface area contributed by atoms with Gasteiger partial charge < -0.3 is 19.5 Å². The van der Waals surface area contributed by atoms with Gasteiger partial charge in [0.1, 0.15) is 11.4 Å². The fraction of sp³-hybridized carbons (Fsp3) is 0.412. The molecule has 0 bridgehead atoms. The lowest BCUT2D eigenvalue weighted by molar-refractivity contribution is -0.386. The Morgan fingerprint density at radius 2 is 2.10 bits per heavy atom. The van der Waals surface area contributed by atoms with Gasteiger partial charge in [-0.3, -0.25) is 10.1 Å². The first-order chi connectivity index (χ1) is 14.2. The Morgan fingerprint density at radius 3 is 2.77 bits per heavy atom. The van der Waals surface area contributed by atoms with E-state index in [1.165, 1.54) is 25.3 Å². The highest BCUT2D eigenvalue weighted by atomic mass is 35.5. The minimum atomic E-state index is -4.68. The maximum atomic E-state index is 13.2. The highest BCUT2D eigenvalue weighted by molar-refractivity contribution is 6.28. The second kappa shape index (κ2) is 8.88. The summed E-state index contributed by atoms with van der Waals surface area (Å²) in [5, 5.41) is 13.7. The van der Waals surface area contributed by atoms with Crippen LogP contribution in [0.15, 0.2) is 24.4 Å². The summed E-state index contributed by atoms with van der Waals surface area (Å²) in [5.74, 6) is -0.882. The number of alkyl halides is 3. The van der Waals surface area contributed by atoms with E-state index in [-0.39, 0.29) is 42.3 Å². The Kier molecular flexibility index (Phi) is 6.46. The van der Waals surface area contributed by atoms with Crippen molar-refractivity contribution in [1.82, 2.24) is 9.97 Å². The SMILES string of the molecule is COc1cccc(OC[C@@H]2COC[C@H]2Nc2nc(Cl)ncc2C(F)(F)F)c1[N+](=O)[O-]. The van der Waals surface area contributed by atoms with Crippen LogP contribution in [0.3, 0.4) is 0 Å². The molecule has 1 aliphatic rings. The van der Waals surface area contributed by atoms with Gasteiger partial charge in [0, 0.05) is 12.1 Å². The van der Waals surface area contributed by atoms with E-state index in [0.717, 1.165) is 0 Å². The van der Waals surface area contributed by atoms with E-state index in [0.29, 0.717) is 6.20 Å². The van der Waals surface area contributed by atoms with E-state index < -0.39 is 34.4 Å². The van der Waals surface area contributed by atoms with E-state index in [1.54, 1.807) is 0 Å². The molecule has 1 N–H and O–H groups in total. The van der Waals surface area contributed by atoms with Crippen molar-refractivity contribution in [3.63, 3.8) is 0 Å². The van der Waals surface area contributed by atoms with E-state index >= 15 is 0 Å². The molecule has 30 heavy (non-hydrogen) atoms. The van der Waals surface area contributed by atoms with Crippen LogP contribution in [-0.4, -0.2) is 47.9 Å². The molecule has 0 amide bonds. The van der Waals surface area contributed by atoms with Gasteiger partial charge in [0.05, 0.1) is 37.9 Å². The lowest BCUT2D eigenvalue weighted by atomic mass is 10.0. The number of nitro benzene ring substituents is 1. The van der Waals surface area contributed by atoms with Gasteiger partial charge in [0.15, 0.2) is 0 Å². The number of rotatable bonds is 7. The maximum absolute atomic E-state index is 13.2. The number of methoxy groups -OCH3 is 1. The van der Waals surface area contributed by atoms with Crippen LogP contribution in [0.1, 0.15) is 5.56 Å². The number of nitrogens with zero attached hydrogens (tertiary/aromatic N) is 3. The van der Waals surface area contributed by atoms with E-state index in [4.69, 9.17) is 25.8 Å². The molecular formula is C17H16ClF3N4O5. The lowest BCUT2D eigenvalue weighted by Gasteiger charge is -2.22. The van der Waals surface area contributed by atoms with Crippen LogP contribution in [0, 0.1) is 16.0 Å². The number of para-hydroxylation sites is 1. The molecule has 1 aromatic carbocycles. The van der Waals surface area contributed by atoms with Crippen molar-refractivity contribution in [3.8, 4) is 11.5 Å². The monoisotopic (exact) mass is 448 g/mol. The average molecular weight is 449 g/mol. The van der Waals surface area contributed by atoms with Crippen molar-refractivity contribution in [2.24, 2.45) is 5.92 Å². The minimum Gasteiger partial charge on any atom is -0.490 e. The van der Waals surface area contributed by atoms with Gasteiger partial charge in [-0.1, -0.05) is 6.07 Å². The van der Waals surface area contributed by atoms with Gasteiger partial charge in [-0.25, -0.2) is 9.97 Å². The van der Waals surface area contributed by atoms with Gasteiger partial charge in [0.25, 0.3) is 0 Å². The highest BCUT2D eigenvalue weighted by Gasteiger charge is 2.38. The molecule has 0 unspecified atom stereocenters. The molecule has 0 saturated carbocycles. The van der Waals surface area contributed by atoms with Crippen molar-refractivity contribution in [1.29, 1.82) is 0 Å². The number of benzene rings is 1. The first-order valence-corrected chi connectivity index (χ1v) is 8.96. The van der Waals surface area contributed by atoms with Crippen molar-refractivity contribution >= 4 is 23.1 Å². The van der Waals surface area contributed by atoms with Crippen LogP contribution in [0.2, 0.25) is 5.28 Å². The summed E-state index contributed by atoms with van der Waals surface area (Å²) in [7, 11) is 1.29. The molecule has 162 valence electrons. The largest absolute Gasteiger partial charge is 0.490 e. The summed E-state index contributed by atoms with van der Waals surface area (Å²) < 4.78 is 55.6. The van der Waals surface area contributed by atoms with Crippen molar-refractivity contribution in [3.05, 3.63) is 45.4 Å². The quantitative estimate of drug-likeness (QED) is 0.389. The first-order valence-electron chi connectivity index (χ1n) is 8.59. The summed E-state index contributed by atoms with van der Waals surface area (Å²) in [6.45, 7) is 0.217. The zero-order valence-electron chi connectivity index (χ0n) is 15.5. The number of hydrogen-bond donors (Lipinski definition) is 1.